The molecule has 0 aromatic heterocycles. The molecule has 3 aliphatic rings. The molecule has 35 heavy (non-hydrogen) atoms. The van der Waals surface area contributed by atoms with Crippen LogP contribution in [0.5, 0.6) is 0 Å². The Morgan fingerprint density at radius 1 is 0.914 bits per heavy atom. The van der Waals surface area contributed by atoms with Gasteiger partial charge < -0.3 is 0 Å². The van der Waals surface area contributed by atoms with Crippen molar-refractivity contribution in [2.24, 2.45) is 0 Å². The fraction of sp³-hybridized carbons (Fsp3) is 0.206. The van der Waals surface area contributed by atoms with E-state index in [9.17, 15) is 0 Å². The molecular formula is C34H32N+. The lowest BCUT2D eigenvalue weighted by molar-refractivity contribution is -0.442. The molecule has 0 radical (unpaired) electrons. The smallest absolute Gasteiger partial charge is 0.169 e. The van der Waals surface area contributed by atoms with E-state index in [1.807, 2.05) is 0 Å². The summed E-state index contributed by atoms with van der Waals surface area (Å²) >= 11 is 0. The van der Waals surface area contributed by atoms with E-state index >= 15 is 0 Å². The molecule has 4 aromatic rings. The van der Waals surface area contributed by atoms with Gasteiger partial charge in [0.15, 0.2) is 12.7 Å². The second-order valence-electron chi connectivity index (χ2n) is 9.83. The predicted molar refractivity (Wildman–Crippen MR) is 152 cm³/mol. The van der Waals surface area contributed by atoms with Crippen LogP contribution >= 0.6 is 0 Å². The van der Waals surface area contributed by atoms with E-state index in [1.54, 1.807) is 0 Å². The van der Waals surface area contributed by atoms with Crippen molar-refractivity contribution in [2.45, 2.75) is 39.5 Å². The molecule has 0 fully saturated rings. The number of hydrogen-bond acceptors (Lipinski definition) is 0. The number of hydrogen-bond donors (Lipinski definition) is 0. The summed E-state index contributed by atoms with van der Waals surface area (Å²) < 4.78 is 2.34. The van der Waals surface area contributed by atoms with Crippen molar-refractivity contribution in [3.63, 3.8) is 0 Å². The maximum Gasteiger partial charge on any atom is 0.169 e. The normalized spacial score (nSPS) is 17.3. The zero-order valence-electron chi connectivity index (χ0n) is 20.9. The molecule has 0 aliphatic carbocycles. The molecule has 0 N–H and O–H groups in total. The van der Waals surface area contributed by atoms with Crippen molar-refractivity contribution < 1.29 is 4.58 Å². The van der Waals surface area contributed by atoms with Crippen LogP contribution in [0.1, 0.15) is 54.9 Å². The fourth-order valence-corrected chi connectivity index (χ4v) is 5.97. The van der Waals surface area contributed by atoms with E-state index in [2.05, 4.69) is 123 Å². The van der Waals surface area contributed by atoms with Gasteiger partial charge in [-0.3, -0.25) is 0 Å². The summed E-state index contributed by atoms with van der Waals surface area (Å²) in [4.78, 5) is 0. The van der Waals surface area contributed by atoms with Crippen LogP contribution in [0, 0.1) is 6.92 Å². The molecule has 1 atom stereocenters. The number of fused-ring (bicyclic) bond motifs is 4. The molecule has 1 nitrogen and oxygen atoms in total. The second kappa shape index (κ2) is 8.82. The van der Waals surface area contributed by atoms with Crippen molar-refractivity contribution in [3.8, 4) is 11.1 Å². The lowest BCUT2D eigenvalue weighted by Crippen LogP contribution is -2.11. The van der Waals surface area contributed by atoms with E-state index in [1.165, 1.54) is 60.5 Å². The number of nitrogens with zero attached hydrogens (tertiary/aromatic N) is 1. The van der Waals surface area contributed by atoms with Crippen molar-refractivity contribution in [1.82, 2.24) is 0 Å². The van der Waals surface area contributed by atoms with Gasteiger partial charge in [0.1, 0.15) is 6.21 Å². The highest BCUT2D eigenvalue weighted by Crippen LogP contribution is 2.45. The maximum atomic E-state index is 2.50. The molecule has 3 aliphatic heterocycles. The maximum absolute atomic E-state index is 2.50. The van der Waals surface area contributed by atoms with Gasteiger partial charge in [0.25, 0.3) is 0 Å². The quantitative estimate of drug-likeness (QED) is 0.215. The molecule has 4 bridgehead atoms. The molecule has 172 valence electrons. The van der Waals surface area contributed by atoms with Crippen molar-refractivity contribution in [1.29, 1.82) is 0 Å². The first-order chi connectivity index (χ1) is 17.2. The topological polar surface area (TPSA) is 3.01 Å². The van der Waals surface area contributed by atoms with Crippen LogP contribution in [-0.2, 0) is 0 Å². The van der Waals surface area contributed by atoms with Gasteiger partial charge in [-0.1, -0.05) is 79.7 Å². The summed E-state index contributed by atoms with van der Waals surface area (Å²) in [5, 5.41) is 5.37. The van der Waals surface area contributed by atoms with Crippen LogP contribution in [0.2, 0.25) is 0 Å². The SMILES string of the molecule is C/C=C\c1c(C)cccc1-c1c2ccccc2c2c3cc(ccc13)C(CC)CC=[N+]1C=CC2=CC1. The molecule has 1 unspecified atom stereocenters. The van der Waals surface area contributed by atoms with Crippen molar-refractivity contribution in [2.75, 3.05) is 6.54 Å². The number of allylic oxidation sites excluding steroid dienone is 3. The summed E-state index contributed by atoms with van der Waals surface area (Å²) in [6.07, 6.45) is 16.0. The Bertz CT molecular complexity index is 1590. The lowest BCUT2D eigenvalue weighted by atomic mass is 9.82. The largest absolute Gasteiger partial charge is 0.205 e. The zero-order chi connectivity index (χ0) is 23.9. The average Bonchev–Trinajstić information content (AvgIpc) is 2.93. The monoisotopic (exact) mass is 454 g/mol. The summed E-state index contributed by atoms with van der Waals surface area (Å²) in [5.74, 6) is 0.523. The van der Waals surface area contributed by atoms with Gasteiger partial charge in [0, 0.05) is 12.5 Å². The first-order valence-electron chi connectivity index (χ1n) is 12.9. The molecule has 4 aromatic carbocycles. The Kier molecular flexibility index (Phi) is 5.49. The Morgan fingerprint density at radius 3 is 2.46 bits per heavy atom. The van der Waals surface area contributed by atoms with Crippen LogP contribution in [0.15, 0.2) is 85.1 Å². The molecule has 0 saturated carbocycles. The molecule has 1 heteroatoms. The van der Waals surface area contributed by atoms with Crippen LogP contribution in [0.3, 0.4) is 0 Å². The summed E-state index contributed by atoms with van der Waals surface area (Å²) in [7, 11) is 0. The minimum atomic E-state index is 0.523. The van der Waals surface area contributed by atoms with E-state index in [4.69, 9.17) is 0 Å². The average molecular weight is 455 g/mol. The van der Waals surface area contributed by atoms with Crippen LogP contribution in [-0.4, -0.2) is 17.3 Å². The van der Waals surface area contributed by atoms with Gasteiger partial charge in [0.2, 0.25) is 0 Å². The number of benzene rings is 4. The fourth-order valence-electron chi connectivity index (χ4n) is 5.97. The van der Waals surface area contributed by atoms with E-state index in [0.717, 1.165) is 19.4 Å². The van der Waals surface area contributed by atoms with Gasteiger partial charge in [-0.25, -0.2) is 4.58 Å². The van der Waals surface area contributed by atoms with Crippen LogP contribution in [0.25, 0.3) is 44.3 Å². The van der Waals surface area contributed by atoms with E-state index < -0.39 is 0 Å². The van der Waals surface area contributed by atoms with Crippen molar-refractivity contribution in [3.05, 3.63) is 107 Å². The first-order valence-corrected chi connectivity index (χ1v) is 12.9. The van der Waals surface area contributed by atoms with Gasteiger partial charge in [-0.15, -0.1) is 0 Å². The van der Waals surface area contributed by atoms with Crippen molar-refractivity contribution >= 4 is 39.4 Å². The minimum absolute atomic E-state index is 0.523. The third-order valence-electron chi connectivity index (χ3n) is 7.82. The molecule has 0 saturated heterocycles. The van der Waals surface area contributed by atoms with Gasteiger partial charge in [0.05, 0.1) is 0 Å². The van der Waals surface area contributed by atoms with Crippen LogP contribution < -0.4 is 0 Å². The number of rotatable bonds is 3. The molecule has 0 amide bonds. The Balaban J connectivity index is 1.81. The second-order valence-corrected chi connectivity index (χ2v) is 9.83. The molecular weight excluding hydrogens is 422 g/mol. The molecule has 3 heterocycles. The first kappa shape index (κ1) is 21.8. The Hall–Kier alpha value is -3.71. The van der Waals surface area contributed by atoms with Gasteiger partial charge >= 0.3 is 0 Å². The Morgan fingerprint density at radius 2 is 1.71 bits per heavy atom. The summed E-state index contributed by atoms with van der Waals surface area (Å²) in [6, 6.07) is 23.0. The van der Waals surface area contributed by atoms with Gasteiger partial charge in [-0.2, -0.15) is 0 Å². The standard InChI is InChI=1S/C34H32N/c1-4-9-27-23(3)10-8-13-28(27)34-30-12-7-6-11-29(30)33-25-17-20-35(21-18-25)19-16-24(5-2)26-14-15-31(34)32(33)22-26/h4,6-15,17-20,22,24H,5,16,21H2,1-3H3/q+1/b9-4-,35-19?. The van der Waals surface area contributed by atoms with Gasteiger partial charge in [-0.05, 0) is 92.8 Å². The predicted octanol–water partition coefficient (Wildman–Crippen LogP) is 8.89. The molecule has 7 rings (SSSR count). The van der Waals surface area contributed by atoms with E-state index in [0.29, 0.717) is 5.92 Å². The lowest BCUT2D eigenvalue weighted by Gasteiger charge is -2.21. The highest BCUT2D eigenvalue weighted by atomic mass is 15.0. The highest BCUT2D eigenvalue weighted by Gasteiger charge is 2.23. The highest BCUT2D eigenvalue weighted by molar-refractivity contribution is 6.20. The zero-order valence-corrected chi connectivity index (χ0v) is 20.9. The Labute approximate surface area is 208 Å². The minimum Gasteiger partial charge on any atom is -0.205 e. The van der Waals surface area contributed by atoms with E-state index in [-0.39, 0.29) is 0 Å². The third kappa shape index (κ3) is 3.58. The molecule has 0 spiro atoms. The van der Waals surface area contributed by atoms with Crippen LogP contribution in [0.4, 0.5) is 0 Å². The third-order valence-corrected chi connectivity index (χ3v) is 7.82. The summed E-state index contributed by atoms with van der Waals surface area (Å²) in [6.45, 7) is 7.57. The summed E-state index contributed by atoms with van der Waals surface area (Å²) in [5.41, 5.74) is 9.42. The number of aryl methyl sites for hydroxylation is 1.